The quantitative estimate of drug-likeness (QED) is 0.892. The van der Waals surface area contributed by atoms with E-state index in [9.17, 15) is 5.11 Å². The molecular formula is C16H24N2O2. The Morgan fingerprint density at radius 3 is 2.65 bits per heavy atom. The van der Waals surface area contributed by atoms with Gasteiger partial charge in [0.25, 0.3) is 0 Å². The van der Waals surface area contributed by atoms with Gasteiger partial charge < -0.3 is 9.84 Å². The lowest BCUT2D eigenvalue weighted by molar-refractivity contribution is 0.00812. The van der Waals surface area contributed by atoms with E-state index in [0.717, 1.165) is 26.2 Å². The van der Waals surface area contributed by atoms with Crippen LogP contribution in [0, 0.1) is 0 Å². The molecule has 3 rings (SSSR count). The van der Waals surface area contributed by atoms with E-state index in [2.05, 4.69) is 47.1 Å². The Bertz CT molecular complexity index is 426. The second-order valence-electron chi connectivity index (χ2n) is 5.98. The van der Waals surface area contributed by atoms with Crippen LogP contribution in [-0.4, -0.2) is 65.9 Å². The van der Waals surface area contributed by atoms with E-state index in [1.807, 2.05) is 0 Å². The van der Waals surface area contributed by atoms with Crippen molar-refractivity contribution in [3.63, 3.8) is 0 Å². The maximum Gasteiger partial charge on any atom is 0.0950 e. The molecule has 2 aliphatic heterocycles. The third kappa shape index (κ3) is 3.04. The van der Waals surface area contributed by atoms with Crippen LogP contribution >= 0.6 is 0 Å². The van der Waals surface area contributed by atoms with Crippen LogP contribution in [0.1, 0.15) is 12.5 Å². The molecule has 0 saturated carbocycles. The number of rotatable bonds is 3. The highest BCUT2D eigenvalue weighted by atomic mass is 16.5. The number of nitrogens with zero attached hydrogens (tertiary/aromatic N) is 2. The minimum Gasteiger partial charge on any atom is -0.389 e. The summed E-state index contributed by atoms with van der Waals surface area (Å²) < 4.78 is 5.39. The Morgan fingerprint density at radius 2 is 2.00 bits per heavy atom. The molecular weight excluding hydrogens is 252 g/mol. The molecule has 0 bridgehead atoms. The minimum absolute atomic E-state index is 0.184. The van der Waals surface area contributed by atoms with Crippen LogP contribution in [-0.2, 0) is 11.3 Å². The monoisotopic (exact) mass is 276 g/mol. The Balaban J connectivity index is 1.56. The molecule has 2 heterocycles. The number of ether oxygens (including phenoxy) is 1. The van der Waals surface area contributed by atoms with E-state index < -0.39 is 0 Å². The summed E-state index contributed by atoms with van der Waals surface area (Å²) in [4.78, 5) is 4.91. The molecule has 0 aromatic heterocycles. The molecule has 4 nitrogen and oxygen atoms in total. The number of aliphatic hydroxyl groups is 1. The molecule has 2 aliphatic rings. The summed E-state index contributed by atoms with van der Waals surface area (Å²) >= 11 is 0. The summed E-state index contributed by atoms with van der Waals surface area (Å²) in [5.74, 6) is 0. The van der Waals surface area contributed by atoms with Gasteiger partial charge in [-0.2, -0.15) is 0 Å². The molecule has 2 fully saturated rings. The Hall–Kier alpha value is -0.940. The third-order valence-corrected chi connectivity index (χ3v) is 4.46. The number of aliphatic hydroxyl groups excluding tert-OH is 1. The summed E-state index contributed by atoms with van der Waals surface area (Å²) in [6, 6.07) is 11.3. The molecule has 3 atom stereocenters. The zero-order valence-corrected chi connectivity index (χ0v) is 12.1. The number of hydrogen-bond donors (Lipinski definition) is 1. The molecule has 1 aromatic rings. The van der Waals surface area contributed by atoms with Crippen molar-refractivity contribution in [3.8, 4) is 0 Å². The third-order valence-electron chi connectivity index (χ3n) is 4.46. The zero-order valence-electron chi connectivity index (χ0n) is 12.1. The number of hydrogen-bond acceptors (Lipinski definition) is 4. The first-order chi connectivity index (χ1) is 9.74. The molecule has 0 spiro atoms. The van der Waals surface area contributed by atoms with Crippen LogP contribution in [0.4, 0.5) is 0 Å². The van der Waals surface area contributed by atoms with Crippen LogP contribution in [0.25, 0.3) is 0 Å². The summed E-state index contributed by atoms with van der Waals surface area (Å²) in [6.07, 6.45) is -0.321. The fraction of sp³-hybridized carbons (Fsp3) is 0.625. The largest absolute Gasteiger partial charge is 0.389 e. The lowest BCUT2D eigenvalue weighted by Gasteiger charge is -2.43. The molecule has 0 amide bonds. The van der Waals surface area contributed by atoms with Gasteiger partial charge in [0, 0.05) is 32.2 Å². The van der Waals surface area contributed by atoms with Crippen LogP contribution in [0.15, 0.2) is 30.3 Å². The van der Waals surface area contributed by atoms with E-state index in [-0.39, 0.29) is 12.1 Å². The molecule has 20 heavy (non-hydrogen) atoms. The average Bonchev–Trinajstić information content (AvgIpc) is 2.86. The first-order valence-corrected chi connectivity index (χ1v) is 7.52. The predicted octanol–water partition coefficient (Wildman–Crippen LogP) is 0.952. The van der Waals surface area contributed by atoms with Crippen molar-refractivity contribution in [1.29, 1.82) is 0 Å². The van der Waals surface area contributed by atoms with Crippen molar-refractivity contribution >= 4 is 0 Å². The van der Waals surface area contributed by atoms with Crippen LogP contribution in [0.3, 0.4) is 0 Å². The fourth-order valence-corrected chi connectivity index (χ4v) is 3.37. The number of piperazine rings is 1. The second kappa shape index (κ2) is 6.22. The SMILES string of the molecule is CC1CN(Cc2ccccc2)CCN1C1COCC1O. The van der Waals surface area contributed by atoms with Crippen molar-refractivity contribution in [2.45, 2.75) is 31.7 Å². The van der Waals surface area contributed by atoms with Gasteiger partial charge in [-0.3, -0.25) is 9.80 Å². The van der Waals surface area contributed by atoms with Gasteiger partial charge in [0.2, 0.25) is 0 Å². The molecule has 2 saturated heterocycles. The van der Waals surface area contributed by atoms with E-state index in [1.165, 1.54) is 5.56 Å². The highest BCUT2D eigenvalue weighted by Crippen LogP contribution is 2.20. The van der Waals surface area contributed by atoms with Crippen molar-refractivity contribution < 1.29 is 9.84 Å². The first-order valence-electron chi connectivity index (χ1n) is 7.52. The highest BCUT2D eigenvalue weighted by molar-refractivity contribution is 5.14. The predicted molar refractivity (Wildman–Crippen MR) is 78.5 cm³/mol. The fourth-order valence-electron chi connectivity index (χ4n) is 3.37. The van der Waals surface area contributed by atoms with Crippen molar-refractivity contribution in [2.24, 2.45) is 0 Å². The molecule has 0 radical (unpaired) electrons. The van der Waals surface area contributed by atoms with Gasteiger partial charge in [-0.05, 0) is 12.5 Å². The Morgan fingerprint density at radius 1 is 1.20 bits per heavy atom. The standard InChI is InChI=1S/C16H24N2O2/c1-13-9-17(10-14-5-3-2-4-6-14)7-8-18(13)15-11-20-12-16(15)19/h2-6,13,15-16,19H,7-12H2,1H3. The maximum absolute atomic E-state index is 9.98. The topological polar surface area (TPSA) is 35.9 Å². The number of benzene rings is 1. The van der Waals surface area contributed by atoms with Gasteiger partial charge in [-0.15, -0.1) is 0 Å². The van der Waals surface area contributed by atoms with Crippen molar-refractivity contribution in [1.82, 2.24) is 9.80 Å². The summed E-state index contributed by atoms with van der Waals surface area (Å²) in [5, 5.41) is 9.98. The van der Waals surface area contributed by atoms with Gasteiger partial charge in [0.05, 0.1) is 25.4 Å². The van der Waals surface area contributed by atoms with Crippen LogP contribution in [0.2, 0.25) is 0 Å². The summed E-state index contributed by atoms with van der Waals surface area (Å²) in [7, 11) is 0. The maximum atomic E-state index is 9.98. The van der Waals surface area contributed by atoms with Gasteiger partial charge in [0.15, 0.2) is 0 Å². The second-order valence-corrected chi connectivity index (χ2v) is 5.98. The first kappa shape index (κ1) is 14.0. The van der Waals surface area contributed by atoms with Gasteiger partial charge in [-0.25, -0.2) is 0 Å². The zero-order chi connectivity index (χ0) is 13.9. The summed E-state index contributed by atoms with van der Waals surface area (Å²) in [5.41, 5.74) is 1.37. The average molecular weight is 276 g/mol. The molecule has 1 aromatic carbocycles. The van der Waals surface area contributed by atoms with Gasteiger partial charge in [-0.1, -0.05) is 30.3 Å². The smallest absolute Gasteiger partial charge is 0.0950 e. The molecule has 4 heteroatoms. The van der Waals surface area contributed by atoms with E-state index in [1.54, 1.807) is 0 Å². The molecule has 3 unspecified atom stereocenters. The van der Waals surface area contributed by atoms with Gasteiger partial charge in [0.1, 0.15) is 0 Å². The molecule has 0 aliphatic carbocycles. The minimum atomic E-state index is -0.321. The highest BCUT2D eigenvalue weighted by Gasteiger charge is 2.36. The van der Waals surface area contributed by atoms with Crippen molar-refractivity contribution in [2.75, 3.05) is 32.8 Å². The van der Waals surface area contributed by atoms with Crippen molar-refractivity contribution in [3.05, 3.63) is 35.9 Å². The van der Waals surface area contributed by atoms with E-state index in [4.69, 9.17) is 4.74 Å². The van der Waals surface area contributed by atoms with Crippen LogP contribution < -0.4 is 0 Å². The lowest BCUT2D eigenvalue weighted by atomic mass is 10.1. The lowest BCUT2D eigenvalue weighted by Crippen LogP contribution is -2.57. The molecule has 1 N–H and O–H groups in total. The molecule has 110 valence electrons. The summed E-state index contributed by atoms with van der Waals surface area (Å²) in [6.45, 7) is 7.55. The Labute approximate surface area is 120 Å². The normalized spacial score (nSPS) is 32.6. The van der Waals surface area contributed by atoms with Crippen LogP contribution in [0.5, 0.6) is 0 Å². The Kier molecular flexibility index (Phi) is 4.36. The van der Waals surface area contributed by atoms with Gasteiger partial charge >= 0.3 is 0 Å². The van der Waals surface area contributed by atoms with E-state index in [0.29, 0.717) is 19.3 Å². The van der Waals surface area contributed by atoms with E-state index >= 15 is 0 Å².